The molecule has 0 atom stereocenters. The molecule has 0 aromatic heterocycles. The number of hydrogen-bond donors (Lipinski definition) is 2. The second-order valence-electron chi connectivity index (χ2n) is 5.34. The van der Waals surface area contributed by atoms with Crippen molar-refractivity contribution in [1.82, 2.24) is 10.8 Å². The Morgan fingerprint density at radius 3 is 2.13 bits per heavy atom. The van der Waals surface area contributed by atoms with Gasteiger partial charge in [-0.1, -0.05) is 0 Å². The molecule has 0 bridgehead atoms. The summed E-state index contributed by atoms with van der Waals surface area (Å²) in [5, 5.41) is 2.95. The number of carbonyl (C=O) groups excluding carboxylic acids is 1. The molecule has 0 aromatic carbocycles. The van der Waals surface area contributed by atoms with E-state index in [1.54, 1.807) is 0 Å². The summed E-state index contributed by atoms with van der Waals surface area (Å²) >= 11 is 0. The zero-order valence-corrected chi connectivity index (χ0v) is 10.7. The third kappa shape index (κ3) is 6.47. The minimum absolute atomic E-state index is 0.0298. The smallest absolute Gasteiger partial charge is 0.227 e. The van der Waals surface area contributed by atoms with Crippen molar-refractivity contribution in [3.05, 3.63) is 0 Å². The van der Waals surface area contributed by atoms with E-state index in [4.69, 9.17) is 4.84 Å². The van der Waals surface area contributed by atoms with Crippen LogP contribution in [0.5, 0.6) is 0 Å². The van der Waals surface area contributed by atoms with Crippen molar-refractivity contribution in [3.63, 3.8) is 0 Å². The second kappa shape index (κ2) is 5.47. The van der Waals surface area contributed by atoms with Gasteiger partial charge in [0.05, 0.1) is 12.0 Å². The van der Waals surface area contributed by atoms with E-state index in [0.717, 1.165) is 0 Å². The van der Waals surface area contributed by atoms with Crippen molar-refractivity contribution >= 4 is 5.91 Å². The van der Waals surface area contributed by atoms with Crippen LogP contribution in [0, 0.1) is 5.41 Å². The van der Waals surface area contributed by atoms with Crippen molar-refractivity contribution in [2.45, 2.75) is 47.1 Å². The van der Waals surface area contributed by atoms with Crippen LogP contribution in [0.4, 0.5) is 0 Å². The summed E-state index contributed by atoms with van der Waals surface area (Å²) in [5.74, 6) is 0.0298. The highest BCUT2D eigenvalue weighted by atomic mass is 16.6. The van der Waals surface area contributed by atoms with Gasteiger partial charge in [-0.25, -0.2) is 5.48 Å². The summed E-state index contributed by atoms with van der Waals surface area (Å²) in [7, 11) is 0. The fourth-order valence-corrected chi connectivity index (χ4v) is 0.924. The zero-order chi connectivity index (χ0) is 12.1. The molecule has 2 N–H and O–H groups in total. The minimum Gasteiger partial charge on any atom is -0.351 e. The Balaban J connectivity index is 4.14. The predicted molar refractivity (Wildman–Crippen MR) is 61.3 cm³/mol. The zero-order valence-electron chi connectivity index (χ0n) is 10.7. The first-order valence-corrected chi connectivity index (χ1v) is 5.36. The van der Waals surface area contributed by atoms with Gasteiger partial charge in [-0.2, -0.15) is 0 Å². The molecule has 0 aliphatic carbocycles. The van der Waals surface area contributed by atoms with Gasteiger partial charge in [-0.3, -0.25) is 4.79 Å². The molecule has 90 valence electrons. The number of hydrogen-bond acceptors (Lipinski definition) is 3. The van der Waals surface area contributed by atoms with Crippen LogP contribution in [0.2, 0.25) is 0 Å². The van der Waals surface area contributed by atoms with Gasteiger partial charge in [0.25, 0.3) is 0 Å². The molecule has 4 nitrogen and oxygen atoms in total. The Bertz CT molecular complexity index is 207. The van der Waals surface area contributed by atoms with Crippen LogP contribution in [-0.2, 0) is 9.63 Å². The molecule has 0 aromatic rings. The van der Waals surface area contributed by atoms with Gasteiger partial charge in [0, 0.05) is 12.1 Å². The normalized spacial score (nSPS) is 12.7. The number of nitrogens with one attached hydrogen (secondary N) is 2. The van der Waals surface area contributed by atoms with Gasteiger partial charge in [0.1, 0.15) is 0 Å². The Labute approximate surface area is 92.7 Å². The quantitative estimate of drug-likeness (QED) is 0.540. The molecule has 1 amide bonds. The molecule has 0 radical (unpaired) electrons. The number of hydroxylamine groups is 1. The summed E-state index contributed by atoms with van der Waals surface area (Å²) < 4.78 is 0. The first-order chi connectivity index (χ1) is 6.69. The third-order valence-corrected chi connectivity index (χ3v) is 1.86. The Morgan fingerprint density at radius 1 is 1.20 bits per heavy atom. The van der Waals surface area contributed by atoms with E-state index >= 15 is 0 Å². The molecule has 4 heteroatoms. The largest absolute Gasteiger partial charge is 0.351 e. The van der Waals surface area contributed by atoms with Crippen LogP contribution in [0.15, 0.2) is 0 Å². The van der Waals surface area contributed by atoms with Gasteiger partial charge in [0.15, 0.2) is 0 Å². The maximum atomic E-state index is 11.9. The second-order valence-corrected chi connectivity index (χ2v) is 5.34. The lowest BCUT2D eigenvalue weighted by molar-refractivity contribution is -0.132. The maximum absolute atomic E-state index is 11.9. The molecule has 0 saturated heterocycles. The summed E-state index contributed by atoms with van der Waals surface area (Å²) in [4.78, 5) is 16.9. The van der Waals surface area contributed by atoms with Crippen LogP contribution in [-0.4, -0.2) is 24.6 Å². The fourth-order valence-electron chi connectivity index (χ4n) is 0.924. The monoisotopic (exact) mass is 216 g/mol. The molecule has 0 aliphatic heterocycles. The number of rotatable bonds is 5. The Hall–Kier alpha value is -0.610. The molecule has 0 unspecified atom stereocenters. The number of amides is 1. The minimum atomic E-state index is -0.470. The van der Waals surface area contributed by atoms with Crippen LogP contribution >= 0.6 is 0 Å². The molecule has 0 spiro atoms. The third-order valence-electron chi connectivity index (χ3n) is 1.86. The van der Waals surface area contributed by atoms with Crippen molar-refractivity contribution in [3.8, 4) is 0 Å². The summed E-state index contributed by atoms with van der Waals surface area (Å²) in [6, 6.07) is 0. The summed E-state index contributed by atoms with van der Waals surface area (Å²) in [6.07, 6.45) is 0. The standard InChI is InChI=1S/C11H24N2O2/c1-7-15-12-8-11(5,6)9(14)13-10(2,3)4/h12H,7-8H2,1-6H3,(H,13,14). The van der Waals surface area contributed by atoms with Crippen LogP contribution in [0.1, 0.15) is 41.5 Å². The Morgan fingerprint density at radius 2 is 1.73 bits per heavy atom. The SMILES string of the molecule is CCONCC(C)(C)C(=O)NC(C)(C)C. The summed E-state index contributed by atoms with van der Waals surface area (Å²) in [5.41, 5.74) is 2.12. The Kier molecular flexibility index (Phi) is 5.24. The average Bonchev–Trinajstić information content (AvgIpc) is 2.01. The van der Waals surface area contributed by atoms with E-state index < -0.39 is 5.41 Å². The molecule has 0 heterocycles. The van der Waals surface area contributed by atoms with Crippen LogP contribution in [0.3, 0.4) is 0 Å². The van der Waals surface area contributed by atoms with Crippen molar-refractivity contribution in [1.29, 1.82) is 0 Å². The van der Waals surface area contributed by atoms with Gasteiger partial charge in [0.2, 0.25) is 5.91 Å². The molecule has 15 heavy (non-hydrogen) atoms. The first-order valence-electron chi connectivity index (χ1n) is 5.36. The molecular weight excluding hydrogens is 192 g/mol. The maximum Gasteiger partial charge on any atom is 0.227 e. The van der Waals surface area contributed by atoms with E-state index in [1.165, 1.54) is 0 Å². The summed E-state index contributed by atoms with van der Waals surface area (Å²) in [6.45, 7) is 12.7. The highest BCUT2D eigenvalue weighted by Crippen LogP contribution is 2.15. The van der Waals surface area contributed by atoms with Crippen molar-refractivity contribution in [2.24, 2.45) is 5.41 Å². The fraction of sp³-hybridized carbons (Fsp3) is 0.909. The van der Waals surface area contributed by atoms with E-state index in [0.29, 0.717) is 13.2 Å². The predicted octanol–water partition coefficient (Wildman–Crippen LogP) is 1.47. The lowest BCUT2D eigenvalue weighted by Crippen LogP contribution is -2.50. The molecular formula is C11H24N2O2. The topological polar surface area (TPSA) is 50.4 Å². The number of carbonyl (C=O) groups is 1. The van der Waals surface area contributed by atoms with Crippen LogP contribution in [0.25, 0.3) is 0 Å². The highest BCUT2D eigenvalue weighted by Gasteiger charge is 2.30. The molecule has 0 rings (SSSR count). The van der Waals surface area contributed by atoms with Gasteiger partial charge >= 0.3 is 0 Å². The van der Waals surface area contributed by atoms with E-state index in [2.05, 4.69) is 10.8 Å². The van der Waals surface area contributed by atoms with Gasteiger partial charge in [-0.15, -0.1) is 0 Å². The van der Waals surface area contributed by atoms with Gasteiger partial charge < -0.3 is 10.2 Å². The molecule has 0 fully saturated rings. The lowest BCUT2D eigenvalue weighted by Gasteiger charge is -2.29. The average molecular weight is 216 g/mol. The molecule has 0 saturated carbocycles. The molecule has 0 aliphatic rings. The van der Waals surface area contributed by atoms with Crippen molar-refractivity contribution < 1.29 is 9.63 Å². The van der Waals surface area contributed by atoms with Crippen LogP contribution < -0.4 is 10.8 Å². The lowest BCUT2D eigenvalue weighted by atomic mass is 9.91. The van der Waals surface area contributed by atoms with E-state index in [9.17, 15) is 4.79 Å². The first kappa shape index (κ1) is 14.4. The van der Waals surface area contributed by atoms with Gasteiger partial charge in [-0.05, 0) is 41.5 Å². The van der Waals surface area contributed by atoms with Crippen molar-refractivity contribution in [2.75, 3.05) is 13.2 Å². The van der Waals surface area contributed by atoms with E-state index in [1.807, 2.05) is 41.5 Å². The highest BCUT2D eigenvalue weighted by molar-refractivity contribution is 5.82. The van der Waals surface area contributed by atoms with E-state index in [-0.39, 0.29) is 11.4 Å².